The largest absolute Gasteiger partial charge is 0.356 e. The molecule has 0 unspecified atom stereocenters. The Morgan fingerprint density at radius 1 is 0.917 bits per heavy atom. The van der Waals surface area contributed by atoms with Crippen molar-refractivity contribution in [2.45, 2.75) is 32.1 Å². The number of hydrogen-bond donors (Lipinski definition) is 2. The van der Waals surface area contributed by atoms with Crippen LogP contribution in [0.25, 0.3) is 0 Å². The number of carbonyl (C=O) groups is 1. The van der Waals surface area contributed by atoms with E-state index in [1.54, 1.807) is 0 Å². The number of hydrogen-bond acceptors (Lipinski definition) is 2. The summed E-state index contributed by atoms with van der Waals surface area (Å²) in [6.45, 7) is 3.39. The first-order valence-corrected chi connectivity index (χ1v) is 4.87. The zero-order valence-electron chi connectivity index (χ0n) is 7.57. The third-order valence-corrected chi connectivity index (χ3v) is 2.11. The molecule has 3 nitrogen and oxygen atoms in total. The highest BCUT2D eigenvalue weighted by Gasteiger charge is 2.04. The van der Waals surface area contributed by atoms with Crippen LogP contribution in [0.15, 0.2) is 0 Å². The molecule has 2 N–H and O–H groups in total. The first-order chi connectivity index (χ1) is 5.89. The molecule has 0 spiro atoms. The Labute approximate surface area is 73.9 Å². The Bertz CT molecular complexity index is 117. The molecule has 70 valence electrons. The van der Waals surface area contributed by atoms with E-state index >= 15 is 0 Å². The first-order valence-electron chi connectivity index (χ1n) is 4.87. The molecule has 0 aliphatic carbocycles. The molecule has 2 fully saturated rings. The molecule has 2 heterocycles. The van der Waals surface area contributed by atoms with Gasteiger partial charge in [0.15, 0.2) is 0 Å². The number of rotatable bonds is 0. The fourth-order valence-electron chi connectivity index (χ4n) is 1.35. The molecule has 12 heavy (non-hydrogen) atoms. The summed E-state index contributed by atoms with van der Waals surface area (Å²) < 4.78 is 0. The van der Waals surface area contributed by atoms with Crippen molar-refractivity contribution < 1.29 is 4.79 Å². The summed E-state index contributed by atoms with van der Waals surface area (Å²) in [6, 6.07) is 0. The quantitative estimate of drug-likeness (QED) is 0.560. The van der Waals surface area contributed by atoms with Crippen LogP contribution in [0.3, 0.4) is 0 Å². The molecule has 0 radical (unpaired) electrons. The summed E-state index contributed by atoms with van der Waals surface area (Å²) in [5, 5.41) is 5.97. The molecular formula is C9H18N2O. The second kappa shape index (κ2) is 6.00. The van der Waals surface area contributed by atoms with E-state index in [1.807, 2.05) is 0 Å². The van der Waals surface area contributed by atoms with E-state index in [1.165, 1.54) is 25.9 Å². The van der Waals surface area contributed by atoms with Crippen LogP contribution in [0.2, 0.25) is 0 Å². The van der Waals surface area contributed by atoms with Gasteiger partial charge in [0, 0.05) is 13.0 Å². The van der Waals surface area contributed by atoms with Crippen LogP contribution in [0.5, 0.6) is 0 Å². The smallest absolute Gasteiger partial charge is 0.219 e. The standard InChI is InChI=1S/C5H9NO.C4H9N/c7-5-3-1-2-4-6-5;1-2-4-5-3-1/h1-4H2,(H,6,7);5H,1-4H2. The normalized spacial score (nSPS) is 22.5. The summed E-state index contributed by atoms with van der Waals surface area (Å²) >= 11 is 0. The summed E-state index contributed by atoms with van der Waals surface area (Å²) in [5.41, 5.74) is 0. The average Bonchev–Trinajstić information content (AvgIpc) is 2.62. The Morgan fingerprint density at radius 2 is 1.58 bits per heavy atom. The maximum absolute atomic E-state index is 10.4. The Kier molecular flexibility index (Phi) is 4.76. The molecule has 2 saturated heterocycles. The fourth-order valence-corrected chi connectivity index (χ4v) is 1.35. The van der Waals surface area contributed by atoms with Gasteiger partial charge in [0.05, 0.1) is 0 Å². The second-order valence-corrected chi connectivity index (χ2v) is 3.26. The van der Waals surface area contributed by atoms with Gasteiger partial charge in [0.2, 0.25) is 5.91 Å². The predicted octanol–water partition coefficient (Wildman–Crippen LogP) is 0.656. The highest BCUT2D eigenvalue weighted by Crippen LogP contribution is 1.98. The highest BCUT2D eigenvalue weighted by atomic mass is 16.1. The lowest BCUT2D eigenvalue weighted by atomic mass is 10.2. The van der Waals surface area contributed by atoms with Crippen LogP contribution < -0.4 is 10.6 Å². The molecule has 0 aromatic heterocycles. The third-order valence-electron chi connectivity index (χ3n) is 2.11. The van der Waals surface area contributed by atoms with Gasteiger partial charge in [0.25, 0.3) is 0 Å². The summed E-state index contributed by atoms with van der Waals surface area (Å²) in [4.78, 5) is 10.4. The van der Waals surface area contributed by atoms with Gasteiger partial charge in [-0.3, -0.25) is 4.79 Å². The van der Waals surface area contributed by atoms with Crippen molar-refractivity contribution in [3.05, 3.63) is 0 Å². The minimum atomic E-state index is 0.214. The minimum Gasteiger partial charge on any atom is -0.356 e. The van der Waals surface area contributed by atoms with Gasteiger partial charge >= 0.3 is 0 Å². The van der Waals surface area contributed by atoms with Gasteiger partial charge in [-0.05, 0) is 38.8 Å². The van der Waals surface area contributed by atoms with Gasteiger partial charge in [0.1, 0.15) is 0 Å². The number of piperidine rings is 1. The van der Waals surface area contributed by atoms with Crippen LogP contribution in [0.1, 0.15) is 32.1 Å². The van der Waals surface area contributed by atoms with Crippen molar-refractivity contribution in [3.63, 3.8) is 0 Å². The van der Waals surface area contributed by atoms with Crippen molar-refractivity contribution in [1.82, 2.24) is 10.6 Å². The molecule has 0 atom stereocenters. The summed E-state index contributed by atoms with van der Waals surface area (Å²) in [6.07, 6.45) is 5.75. The van der Waals surface area contributed by atoms with Gasteiger partial charge in [-0.1, -0.05) is 0 Å². The lowest BCUT2D eigenvalue weighted by Crippen LogP contribution is -2.28. The van der Waals surface area contributed by atoms with Crippen LogP contribution >= 0.6 is 0 Å². The summed E-state index contributed by atoms with van der Waals surface area (Å²) in [5.74, 6) is 0.214. The van der Waals surface area contributed by atoms with Crippen molar-refractivity contribution >= 4 is 5.91 Å². The third kappa shape index (κ3) is 4.34. The van der Waals surface area contributed by atoms with Gasteiger partial charge in [-0.2, -0.15) is 0 Å². The Hall–Kier alpha value is -0.570. The molecule has 0 saturated carbocycles. The maximum Gasteiger partial charge on any atom is 0.219 e. The highest BCUT2D eigenvalue weighted by molar-refractivity contribution is 5.76. The van der Waals surface area contributed by atoms with E-state index in [0.717, 1.165) is 25.8 Å². The molecule has 3 heteroatoms. The van der Waals surface area contributed by atoms with Crippen LogP contribution in [-0.4, -0.2) is 25.5 Å². The molecular weight excluding hydrogens is 152 g/mol. The monoisotopic (exact) mass is 170 g/mol. The molecule has 0 aromatic rings. The molecule has 2 aliphatic rings. The van der Waals surface area contributed by atoms with E-state index in [0.29, 0.717) is 0 Å². The predicted molar refractivity (Wildman–Crippen MR) is 49.0 cm³/mol. The van der Waals surface area contributed by atoms with Crippen molar-refractivity contribution in [2.24, 2.45) is 0 Å². The number of carbonyl (C=O) groups excluding carboxylic acids is 1. The minimum absolute atomic E-state index is 0.214. The van der Waals surface area contributed by atoms with E-state index in [4.69, 9.17) is 0 Å². The van der Waals surface area contributed by atoms with E-state index in [-0.39, 0.29) is 5.91 Å². The maximum atomic E-state index is 10.4. The molecule has 2 aliphatic heterocycles. The van der Waals surface area contributed by atoms with Crippen molar-refractivity contribution in [3.8, 4) is 0 Å². The Balaban J connectivity index is 0.000000127. The topological polar surface area (TPSA) is 41.1 Å². The Morgan fingerprint density at radius 3 is 1.83 bits per heavy atom. The van der Waals surface area contributed by atoms with Crippen molar-refractivity contribution in [1.29, 1.82) is 0 Å². The van der Waals surface area contributed by atoms with Gasteiger partial charge in [-0.15, -0.1) is 0 Å². The zero-order chi connectivity index (χ0) is 8.65. The zero-order valence-corrected chi connectivity index (χ0v) is 7.57. The number of nitrogens with one attached hydrogen (secondary N) is 2. The average molecular weight is 170 g/mol. The first kappa shape index (κ1) is 9.52. The summed E-state index contributed by atoms with van der Waals surface area (Å²) in [7, 11) is 0. The van der Waals surface area contributed by atoms with E-state index in [2.05, 4.69) is 10.6 Å². The van der Waals surface area contributed by atoms with Crippen LogP contribution in [0, 0.1) is 0 Å². The van der Waals surface area contributed by atoms with Crippen LogP contribution in [0.4, 0.5) is 0 Å². The van der Waals surface area contributed by atoms with E-state index in [9.17, 15) is 4.79 Å². The van der Waals surface area contributed by atoms with Crippen molar-refractivity contribution in [2.75, 3.05) is 19.6 Å². The second-order valence-electron chi connectivity index (χ2n) is 3.26. The molecule has 1 amide bonds. The SMILES string of the molecule is C1CCNC1.O=C1CCCCN1. The van der Waals surface area contributed by atoms with Gasteiger partial charge < -0.3 is 10.6 Å². The number of amides is 1. The lowest BCUT2D eigenvalue weighted by molar-refractivity contribution is -0.122. The molecule has 0 bridgehead atoms. The lowest BCUT2D eigenvalue weighted by Gasteiger charge is -2.08. The van der Waals surface area contributed by atoms with E-state index < -0.39 is 0 Å². The molecule has 0 aromatic carbocycles. The van der Waals surface area contributed by atoms with Crippen LogP contribution in [-0.2, 0) is 4.79 Å². The molecule has 2 rings (SSSR count). The fraction of sp³-hybridized carbons (Fsp3) is 0.889. The van der Waals surface area contributed by atoms with Gasteiger partial charge in [-0.25, -0.2) is 0 Å².